The molecule has 0 spiro atoms. The Balaban J connectivity index is 1.88. The number of aromatic hydroxyl groups is 1. The monoisotopic (exact) mass is 270 g/mol. The zero-order chi connectivity index (χ0) is 13.9. The van der Waals surface area contributed by atoms with Gasteiger partial charge in [0.05, 0.1) is 17.7 Å². The van der Waals surface area contributed by atoms with Gasteiger partial charge in [0.2, 0.25) is 0 Å². The Bertz CT molecular complexity index is 632. The molecular formula is C16H14O4. The highest BCUT2D eigenvalue weighted by molar-refractivity contribution is 6.12. The number of hydrogen-bond acceptors (Lipinski definition) is 4. The first-order chi connectivity index (χ1) is 9.75. The summed E-state index contributed by atoms with van der Waals surface area (Å²) >= 11 is 0. The highest BCUT2D eigenvalue weighted by atomic mass is 16.6. The average Bonchev–Trinajstić information content (AvgIpc) is 3.29. The molecule has 20 heavy (non-hydrogen) atoms. The second kappa shape index (κ2) is 5.35. The molecule has 1 saturated heterocycles. The first-order valence-corrected chi connectivity index (χ1v) is 6.42. The number of epoxide rings is 1. The number of rotatable bonds is 5. The second-order valence-corrected chi connectivity index (χ2v) is 4.61. The number of phenols is 1. The molecule has 0 aliphatic carbocycles. The minimum atomic E-state index is -0.254. The summed E-state index contributed by atoms with van der Waals surface area (Å²) in [5, 5.41) is 9.78. The van der Waals surface area contributed by atoms with Crippen LogP contribution in [-0.4, -0.2) is 30.2 Å². The van der Waals surface area contributed by atoms with Crippen LogP contribution >= 0.6 is 0 Å². The summed E-state index contributed by atoms with van der Waals surface area (Å²) in [6, 6.07) is 13.5. The molecule has 4 heteroatoms. The van der Waals surface area contributed by atoms with Crippen molar-refractivity contribution < 1.29 is 19.4 Å². The zero-order valence-electron chi connectivity index (χ0n) is 10.8. The van der Waals surface area contributed by atoms with Crippen molar-refractivity contribution in [3.05, 3.63) is 59.7 Å². The molecule has 1 atom stereocenters. The van der Waals surface area contributed by atoms with Crippen molar-refractivity contribution in [2.45, 2.75) is 6.10 Å². The van der Waals surface area contributed by atoms with Crippen LogP contribution in [0.1, 0.15) is 15.9 Å². The van der Waals surface area contributed by atoms with Crippen LogP contribution in [0.15, 0.2) is 48.5 Å². The molecule has 0 radical (unpaired) electrons. The van der Waals surface area contributed by atoms with Crippen molar-refractivity contribution in [3.63, 3.8) is 0 Å². The fourth-order valence-electron chi connectivity index (χ4n) is 1.94. The van der Waals surface area contributed by atoms with Crippen molar-refractivity contribution in [1.82, 2.24) is 0 Å². The van der Waals surface area contributed by atoms with E-state index < -0.39 is 0 Å². The van der Waals surface area contributed by atoms with E-state index in [1.165, 1.54) is 6.07 Å². The number of benzene rings is 2. The topological polar surface area (TPSA) is 59.1 Å². The molecule has 1 heterocycles. The van der Waals surface area contributed by atoms with Crippen LogP contribution in [0.5, 0.6) is 11.5 Å². The van der Waals surface area contributed by atoms with Gasteiger partial charge in [-0.1, -0.05) is 24.3 Å². The van der Waals surface area contributed by atoms with E-state index in [1.54, 1.807) is 36.4 Å². The molecule has 1 N–H and O–H groups in total. The van der Waals surface area contributed by atoms with Gasteiger partial charge in [-0.05, 0) is 24.3 Å². The van der Waals surface area contributed by atoms with E-state index in [9.17, 15) is 9.90 Å². The molecule has 1 aliphatic rings. The Hall–Kier alpha value is -2.33. The molecule has 3 rings (SSSR count). The van der Waals surface area contributed by atoms with E-state index in [-0.39, 0.29) is 23.2 Å². The minimum absolute atomic E-state index is 0.0298. The number of ketones is 1. The van der Waals surface area contributed by atoms with Crippen LogP contribution in [0, 0.1) is 0 Å². The molecule has 0 aromatic heterocycles. The fraction of sp³-hybridized carbons (Fsp3) is 0.188. The van der Waals surface area contributed by atoms with E-state index >= 15 is 0 Å². The summed E-state index contributed by atoms with van der Waals surface area (Å²) in [5.41, 5.74) is 0.709. The van der Waals surface area contributed by atoms with Crippen LogP contribution in [-0.2, 0) is 4.74 Å². The molecule has 0 bridgehead atoms. The lowest BCUT2D eigenvalue weighted by atomic mass is 10.0. The minimum Gasteiger partial charge on any atom is -0.507 e. The predicted octanol–water partition coefficient (Wildman–Crippen LogP) is 2.40. The summed E-state index contributed by atoms with van der Waals surface area (Å²) in [7, 11) is 0. The average molecular weight is 270 g/mol. The van der Waals surface area contributed by atoms with Crippen LogP contribution < -0.4 is 4.74 Å². The molecular weight excluding hydrogens is 256 g/mol. The number of para-hydroxylation sites is 2. The van der Waals surface area contributed by atoms with Gasteiger partial charge in [0.1, 0.15) is 24.2 Å². The van der Waals surface area contributed by atoms with E-state index in [1.807, 2.05) is 6.07 Å². The van der Waals surface area contributed by atoms with Crippen molar-refractivity contribution in [1.29, 1.82) is 0 Å². The van der Waals surface area contributed by atoms with Gasteiger partial charge >= 0.3 is 0 Å². The molecule has 0 saturated carbocycles. The zero-order valence-corrected chi connectivity index (χ0v) is 10.8. The molecule has 4 nitrogen and oxygen atoms in total. The highest BCUT2D eigenvalue weighted by Crippen LogP contribution is 2.26. The van der Waals surface area contributed by atoms with Gasteiger partial charge in [-0.3, -0.25) is 4.79 Å². The quantitative estimate of drug-likeness (QED) is 0.669. The lowest BCUT2D eigenvalue weighted by Gasteiger charge is -2.10. The Labute approximate surface area is 116 Å². The Morgan fingerprint density at radius 2 is 1.80 bits per heavy atom. The maximum absolute atomic E-state index is 12.5. The van der Waals surface area contributed by atoms with Crippen LogP contribution in [0.2, 0.25) is 0 Å². The van der Waals surface area contributed by atoms with E-state index in [2.05, 4.69) is 0 Å². The van der Waals surface area contributed by atoms with Gasteiger partial charge in [0.15, 0.2) is 5.78 Å². The first kappa shape index (κ1) is 12.7. The first-order valence-electron chi connectivity index (χ1n) is 6.42. The van der Waals surface area contributed by atoms with Gasteiger partial charge < -0.3 is 14.6 Å². The third-order valence-electron chi connectivity index (χ3n) is 3.11. The lowest BCUT2D eigenvalue weighted by molar-refractivity contribution is 0.103. The highest BCUT2D eigenvalue weighted by Gasteiger charge is 2.24. The van der Waals surface area contributed by atoms with E-state index in [0.29, 0.717) is 24.5 Å². The number of carbonyl (C=O) groups is 1. The molecule has 1 unspecified atom stereocenters. The maximum atomic E-state index is 12.5. The van der Waals surface area contributed by atoms with Gasteiger partial charge in [-0.2, -0.15) is 0 Å². The molecule has 102 valence electrons. The summed E-state index contributed by atoms with van der Waals surface area (Å²) in [5.74, 6) is 0.226. The van der Waals surface area contributed by atoms with Crippen LogP contribution in [0.3, 0.4) is 0 Å². The number of hydrogen-bond donors (Lipinski definition) is 1. The molecule has 0 amide bonds. The Morgan fingerprint density at radius 1 is 1.15 bits per heavy atom. The number of ether oxygens (including phenoxy) is 2. The van der Waals surface area contributed by atoms with Gasteiger partial charge in [0.25, 0.3) is 0 Å². The number of carbonyl (C=O) groups excluding carboxylic acids is 1. The maximum Gasteiger partial charge on any atom is 0.200 e. The fourth-order valence-corrected chi connectivity index (χ4v) is 1.94. The van der Waals surface area contributed by atoms with Gasteiger partial charge in [-0.25, -0.2) is 0 Å². The third kappa shape index (κ3) is 2.65. The van der Waals surface area contributed by atoms with Gasteiger partial charge in [0, 0.05) is 0 Å². The van der Waals surface area contributed by atoms with Crippen molar-refractivity contribution in [3.8, 4) is 11.5 Å². The SMILES string of the molecule is O=C(c1ccccc1O)c1ccccc1OCC1CO1. The Kier molecular flexibility index (Phi) is 3.39. The van der Waals surface area contributed by atoms with E-state index in [0.717, 1.165) is 0 Å². The smallest absolute Gasteiger partial charge is 0.200 e. The molecule has 2 aromatic rings. The summed E-state index contributed by atoms with van der Waals surface area (Å²) in [4.78, 5) is 12.5. The summed E-state index contributed by atoms with van der Waals surface area (Å²) in [6.45, 7) is 1.14. The largest absolute Gasteiger partial charge is 0.507 e. The van der Waals surface area contributed by atoms with Crippen molar-refractivity contribution >= 4 is 5.78 Å². The van der Waals surface area contributed by atoms with E-state index in [4.69, 9.17) is 9.47 Å². The molecule has 2 aromatic carbocycles. The Morgan fingerprint density at radius 3 is 2.50 bits per heavy atom. The standard InChI is InChI=1S/C16H14O4/c17-14-7-3-1-5-12(14)16(18)13-6-2-4-8-15(13)20-10-11-9-19-11/h1-8,11,17H,9-10H2. The normalized spacial score (nSPS) is 16.7. The second-order valence-electron chi connectivity index (χ2n) is 4.61. The van der Waals surface area contributed by atoms with Crippen molar-refractivity contribution in [2.24, 2.45) is 0 Å². The number of phenolic OH excluding ortho intramolecular Hbond substituents is 1. The van der Waals surface area contributed by atoms with Crippen LogP contribution in [0.25, 0.3) is 0 Å². The molecule has 1 fully saturated rings. The lowest BCUT2D eigenvalue weighted by Crippen LogP contribution is -2.09. The summed E-state index contributed by atoms with van der Waals surface area (Å²) in [6.07, 6.45) is 0.128. The summed E-state index contributed by atoms with van der Waals surface area (Å²) < 4.78 is 10.7. The third-order valence-corrected chi connectivity index (χ3v) is 3.11. The molecule has 1 aliphatic heterocycles. The van der Waals surface area contributed by atoms with Crippen LogP contribution in [0.4, 0.5) is 0 Å². The predicted molar refractivity (Wildman–Crippen MR) is 73.2 cm³/mol. The van der Waals surface area contributed by atoms with Gasteiger partial charge in [-0.15, -0.1) is 0 Å². The van der Waals surface area contributed by atoms with Crippen molar-refractivity contribution in [2.75, 3.05) is 13.2 Å².